The number of hydrogen-bond acceptors (Lipinski definition) is 8. The Hall–Kier alpha value is 0.684. The van der Waals surface area contributed by atoms with Crippen molar-refractivity contribution in [1.29, 1.82) is 0 Å². The molecule has 2 aromatic rings. The molecule has 1 aliphatic rings. The summed E-state index contributed by atoms with van der Waals surface area (Å²) in [6, 6.07) is 0.400. The van der Waals surface area contributed by atoms with Crippen molar-refractivity contribution in [3.63, 3.8) is 0 Å². The van der Waals surface area contributed by atoms with Gasteiger partial charge in [-0.05, 0) is 20.3 Å². The molecule has 0 bridgehead atoms. The zero-order chi connectivity index (χ0) is 19.5. The van der Waals surface area contributed by atoms with Crippen LogP contribution in [0.2, 0.25) is 0 Å². The van der Waals surface area contributed by atoms with Gasteiger partial charge in [-0.3, -0.25) is 0 Å². The van der Waals surface area contributed by atoms with Crippen molar-refractivity contribution in [2.75, 3.05) is 18.9 Å². The maximum absolute atomic E-state index is 5.78. The van der Waals surface area contributed by atoms with E-state index in [4.69, 9.17) is 19.0 Å². The molecule has 2 aromatic heterocycles. The molecule has 3 rings (SSSR count). The van der Waals surface area contributed by atoms with Crippen molar-refractivity contribution in [2.45, 2.75) is 52.0 Å². The van der Waals surface area contributed by atoms with E-state index in [1.165, 1.54) is 28.5 Å². The number of fused-ring (bicyclic) bond motifs is 1. The third kappa shape index (κ3) is 8.43. The fourth-order valence-corrected chi connectivity index (χ4v) is 3.78. The SMILES string of the molecule is CCOPOCC.Nc1nc(OSI)c2ncn(C3C[CH-]CCCC3)c2n1.[Y]. The third-order valence-corrected chi connectivity index (χ3v) is 5.52. The van der Waals surface area contributed by atoms with Crippen LogP contribution in [0.15, 0.2) is 6.33 Å². The van der Waals surface area contributed by atoms with Gasteiger partial charge < -0.3 is 30.0 Å². The van der Waals surface area contributed by atoms with E-state index in [1.54, 1.807) is 0 Å². The van der Waals surface area contributed by atoms with Gasteiger partial charge in [0, 0.05) is 60.0 Å². The molecule has 1 saturated carbocycles. The molecule has 12 heteroatoms. The summed E-state index contributed by atoms with van der Waals surface area (Å²) in [5, 5.41) is 0. The van der Waals surface area contributed by atoms with E-state index in [2.05, 4.69) is 25.9 Å². The van der Waals surface area contributed by atoms with E-state index < -0.39 is 0 Å². The Balaban J connectivity index is 0.000000425. The number of imidazole rings is 1. The van der Waals surface area contributed by atoms with Gasteiger partial charge >= 0.3 is 0 Å². The van der Waals surface area contributed by atoms with E-state index in [0.717, 1.165) is 31.7 Å². The molecular formula is C16H26IN5O3PSY-. The van der Waals surface area contributed by atoms with Crippen LogP contribution in [0.3, 0.4) is 0 Å². The normalized spacial score (nSPS) is 16.6. The molecule has 0 saturated heterocycles. The monoisotopic (exact) mass is 615 g/mol. The quantitative estimate of drug-likeness (QED) is 0.115. The molecule has 28 heavy (non-hydrogen) atoms. The molecule has 8 nitrogen and oxygen atoms in total. The van der Waals surface area contributed by atoms with Crippen molar-refractivity contribution in [2.24, 2.45) is 0 Å². The third-order valence-electron chi connectivity index (χ3n) is 3.95. The van der Waals surface area contributed by atoms with E-state index >= 15 is 0 Å². The topological polar surface area (TPSA) is 97.3 Å². The summed E-state index contributed by atoms with van der Waals surface area (Å²) >= 11 is 2.04. The second-order valence-corrected chi connectivity index (χ2v) is 7.88. The minimum absolute atomic E-state index is 0. The molecule has 1 unspecified atom stereocenters. The van der Waals surface area contributed by atoms with Crippen LogP contribution < -0.4 is 9.92 Å². The largest absolute Gasteiger partial charge is 0.392 e. The van der Waals surface area contributed by atoms with Gasteiger partial charge in [-0.2, -0.15) is 22.8 Å². The van der Waals surface area contributed by atoms with Gasteiger partial charge in [0.05, 0.1) is 19.5 Å². The van der Waals surface area contributed by atoms with Crippen LogP contribution >= 0.6 is 39.5 Å². The standard InChI is InChI=1S/C12H15IN5OS.C4H11O2P.Y/c13-20-19-11-9-10(16-12(14)17-11)18(7-15-9)8-5-3-1-2-4-6-8;1-3-5-7-6-4-2;/h3,7-8H,1-2,4-6H2,(H2,14,16,17);7H,3-4H2,1-2H3;/q-1;;. The van der Waals surface area contributed by atoms with Crippen molar-refractivity contribution < 1.29 is 45.9 Å². The molecule has 1 aliphatic carbocycles. The molecule has 0 spiro atoms. The average Bonchev–Trinajstić information content (AvgIpc) is 2.89. The first kappa shape index (κ1) is 26.7. The van der Waals surface area contributed by atoms with Gasteiger partial charge in [-0.15, -0.1) is 0 Å². The number of rotatable bonds is 7. The van der Waals surface area contributed by atoms with E-state index in [1.807, 2.05) is 41.4 Å². The predicted molar refractivity (Wildman–Crippen MR) is 120 cm³/mol. The molecule has 0 aliphatic heterocycles. The van der Waals surface area contributed by atoms with Crippen LogP contribution in [-0.2, 0) is 41.8 Å². The molecule has 0 amide bonds. The zero-order valence-electron chi connectivity index (χ0n) is 16.1. The smallest absolute Gasteiger partial charge is 0.262 e. The van der Waals surface area contributed by atoms with Crippen molar-refractivity contribution in [3.8, 4) is 5.88 Å². The predicted octanol–water partition coefficient (Wildman–Crippen LogP) is 5.06. The Morgan fingerprint density at radius 3 is 2.75 bits per heavy atom. The van der Waals surface area contributed by atoms with E-state index in [9.17, 15) is 0 Å². The van der Waals surface area contributed by atoms with Gasteiger partial charge in [-0.1, -0.05) is 12.8 Å². The molecule has 2 heterocycles. The Morgan fingerprint density at radius 1 is 1.32 bits per heavy atom. The molecule has 0 aromatic carbocycles. The van der Waals surface area contributed by atoms with Gasteiger partial charge in [0.2, 0.25) is 5.95 Å². The number of halogens is 1. The van der Waals surface area contributed by atoms with E-state index in [0.29, 0.717) is 17.4 Å². The summed E-state index contributed by atoms with van der Waals surface area (Å²) in [6.45, 7) is 5.40. The molecule has 155 valence electrons. The van der Waals surface area contributed by atoms with Gasteiger partial charge in [0.15, 0.2) is 20.2 Å². The van der Waals surface area contributed by atoms with Crippen LogP contribution in [0.1, 0.15) is 52.0 Å². The molecule has 1 fully saturated rings. The molecule has 1 radical (unpaired) electrons. The summed E-state index contributed by atoms with van der Waals surface area (Å²) in [5.74, 6) is 0.653. The average molecular weight is 615 g/mol. The molecule has 1 atom stereocenters. The summed E-state index contributed by atoms with van der Waals surface area (Å²) in [6.07, 6.45) is 10.1. The van der Waals surface area contributed by atoms with Crippen LogP contribution in [0.25, 0.3) is 11.2 Å². The first-order valence-corrected chi connectivity index (χ1v) is 13.1. The molecular weight excluding hydrogens is 589 g/mol. The fourth-order valence-electron chi connectivity index (χ4n) is 2.77. The Bertz CT molecular complexity index is 688. The number of anilines is 1. The van der Waals surface area contributed by atoms with Crippen molar-refractivity contribution >= 4 is 56.6 Å². The minimum Gasteiger partial charge on any atom is -0.392 e. The molecule has 2 N–H and O–H groups in total. The van der Waals surface area contributed by atoms with Crippen molar-refractivity contribution in [1.82, 2.24) is 19.5 Å². The second-order valence-electron chi connectivity index (χ2n) is 5.77. The summed E-state index contributed by atoms with van der Waals surface area (Å²) in [4.78, 5) is 12.9. The van der Waals surface area contributed by atoms with Gasteiger partial charge in [0.1, 0.15) is 9.21 Å². The second kappa shape index (κ2) is 15.5. The number of hydrogen-bond donors (Lipinski definition) is 1. The first-order chi connectivity index (χ1) is 13.2. The zero-order valence-corrected chi connectivity index (χ0v) is 22.9. The van der Waals surface area contributed by atoms with Crippen LogP contribution in [-0.4, -0.2) is 32.7 Å². The Kier molecular flexibility index (Phi) is 14.8. The van der Waals surface area contributed by atoms with Gasteiger partial charge in [-0.25, -0.2) is 4.98 Å². The Morgan fingerprint density at radius 2 is 2.07 bits per heavy atom. The van der Waals surface area contributed by atoms with Crippen LogP contribution in [0, 0.1) is 6.42 Å². The Labute approximate surface area is 209 Å². The maximum Gasteiger partial charge on any atom is 0.262 e. The summed E-state index contributed by atoms with van der Waals surface area (Å²) in [7, 11) is 1.43. The number of nitrogen functional groups attached to an aromatic ring is 1. The number of nitrogens with two attached hydrogens (primary N) is 1. The number of nitrogens with zero attached hydrogens (tertiary/aromatic N) is 4. The fraction of sp³-hybridized carbons (Fsp3) is 0.625. The maximum atomic E-state index is 5.78. The summed E-state index contributed by atoms with van der Waals surface area (Å²) in [5.41, 5.74) is 7.22. The van der Waals surface area contributed by atoms with Crippen LogP contribution in [0.5, 0.6) is 5.88 Å². The van der Waals surface area contributed by atoms with E-state index in [-0.39, 0.29) is 47.7 Å². The summed E-state index contributed by atoms with van der Waals surface area (Å²) < 4.78 is 17.3. The number of aromatic nitrogens is 4. The van der Waals surface area contributed by atoms with Crippen molar-refractivity contribution in [3.05, 3.63) is 12.7 Å². The minimum atomic E-state index is 0. The van der Waals surface area contributed by atoms with Crippen LogP contribution in [0.4, 0.5) is 5.95 Å². The van der Waals surface area contributed by atoms with Gasteiger partial charge in [0.25, 0.3) is 5.88 Å². The first-order valence-electron chi connectivity index (χ1n) is 8.96.